The third-order valence-electron chi connectivity index (χ3n) is 4.20. The average molecular weight is 440 g/mol. The van der Waals surface area contributed by atoms with Gasteiger partial charge in [-0.1, -0.05) is 23.7 Å². The molecule has 7 nitrogen and oxygen atoms in total. The highest BCUT2D eigenvalue weighted by atomic mass is 35.5. The minimum Gasteiger partial charge on any atom is -0.456 e. The maximum Gasteiger partial charge on any atom is 0.338 e. The lowest BCUT2D eigenvalue weighted by atomic mass is 10.2. The van der Waals surface area contributed by atoms with Gasteiger partial charge in [0.2, 0.25) is 0 Å². The van der Waals surface area contributed by atoms with Crippen molar-refractivity contribution in [3.05, 3.63) is 98.4 Å². The molecule has 150 valence electrons. The lowest BCUT2D eigenvalue weighted by molar-refractivity contribution is 0.0467. The number of benzene rings is 2. The summed E-state index contributed by atoms with van der Waals surface area (Å²) < 4.78 is 6.67. The first kappa shape index (κ1) is 19.8. The first-order valence-electron chi connectivity index (χ1n) is 8.80. The summed E-state index contributed by atoms with van der Waals surface area (Å²) in [7, 11) is 0. The van der Waals surface area contributed by atoms with E-state index in [0.717, 1.165) is 0 Å². The molecule has 0 saturated carbocycles. The molecule has 30 heavy (non-hydrogen) atoms. The van der Waals surface area contributed by atoms with E-state index in [1.165, 1.54) is 33.9 Å². The van der Waals surface area contributed by atoms with Gasteiger partial charge in [-0.15, -0.1) is 11.3 Å². The molecule has 4 rings (SSSR count). The summed E-state index contributed by atoms with van der Waals surface area (Å²) in [6.45, 7) is -0.118. The van der Waals surface area contributed by atoms with Crippen molar-refractivity contribution in [1.29, 1.82) is 0 Å². The van der Waals surface area contributed by atoms with Crippen LogP contribution in [-0.4, -0.2) is 21.3 Å². The summed E-state index contributed by atoms with van der Waals surface area (Å²) in [6.07, 6.45) is 1.64. The Balaban J connectivity index is 1.39. The molecule has 4 aromatic rings. The normalized spacial score (nSPS) is 10.7. The largest absolute Gasteiger partial charge is 0.456 e. The van der Waals surface area contributed by atoms with Crippen LogP contribution < -0.4 is 10.9 Å². The van der Waals surface area contributed by atoms with Gasteiger partial charge in [-0.25, -0.2) is 9.78 Å². The van der Waals surface area contributed by atoms with Crippen LogP contribution >= 0.6 is 22.9 Å². The Labute approximate surface area is 179 Å². The zero-order valence-corrected chi connectivity index (χ0v) is 16.9. The van der Waals surface area contributed by atoms with E-state index in [0.29, 0.717) is 32.5 Å². The van der Waals surface area contributed by atoms with Gasteiger partial charge in [-0.3, -0.25) is 14.0 Å². The van der Waals surface area contributed by atoms with Crippen molar-refractivity contribution in [1.82, 2.24) is 9.38 Å². The molecular formula is C21H14ClN3O4S. The Kier molecular flexibility index (Phi) is 5.60. The van der Waals surface area contributed by atoms with E-state index < -0.39 is 5.97 Å². The number of anilines is 1. The molecule has 1 amide bonds. The minimum atomic E-state index is -0.563. The maximum absolute atomic E-state index is 12.3. The monoisotopic (exact) mass is 439 g/mol. The third-order valence-corrected chi connectivity index (χ3v) is 5.29. The zero-order chi connectivity index (χ0) is 21.1. The molecule has 0 fully saturated rings. The molecule has 2 heterocycles. The Bertz CT molecular complexity index is 1300. The van der Waals surface area contributed by atoms with Crippen LogP contribution in [0.5, 0.6) is 0 Å². The number of hydrogen-bond acceptors (Lipinski definition) is 6. The lowest BCUT2D eigenvalue weighted by Crippen LogP contribution is -2.15. The highest BCUT2D eigenvalue weighted by molar-refractivity contribution is 7.15. The molecular weight excluding hydrogens is 426 g/mol. The average Bonchev–Trinajstić information content (AvgIpc) is 3.22. The van der Waals surface area contributed by atoms with E-state index in [9.17, 15) is 14.4 Å². The number of esters is 1. The van der Waals surface area contributed by atoms with Gasteiger partial charge in [0, 0.05) is 23.3 Å². The van der Waals surface area contributed by atoms with Crippen molar-refractivity contribution in [3.8, 4) is 0 Å². The highest BCUT2D eigenvalue weighted by Crippen LogP contribution is 2.18. The number of nitrogens with one attached hydrogen (secondary N) is 1. The summed E-state index contributed by atoms with van der Waals surface area (Å²) in [6, 6.07) is 14.3. The SMILES string of the molecule is O=C(OCc1cc(=O)n2ccsc2n1)c1ccc(NC(=O)c2ccccc2Cl)cc1. The fourth-order valence-corrected chi connectivity index (χ4v) is 3.68. The second-order valence-electron chi connectivity index (χ2n) is 6.23. The summed E-state index contributed by atoms with van der Waals surface area (Å²) in [5, 5.41) is 4.83. The van der Waals surface area contributed by atoms with Crippen molar-refractivity contribution >= 4 is 45.5 Å². The Hall–Kier alpha value is -3.49. The second kappa shape index (κ2) is 8.48. The fraction of sp³-hybridized carbons (Fsp3) is 0.0476. The van der Waals surface area contributed by atoms with Crippen molar-refractivity contribution in [2.24, 2.45) is 0 Å². The molecule has 1 N–H and O–H groups in total. The number of nitrogens with zero attached hydrogens (tertiary/aromatic N) is 2. The van der Waals surface area contributed by atoms with Gasteiger partial charge in [0.1, 0.15) is 6.61 Å². The van der Waals surface area contributed by atoms with Gasteiger partial charge in [-0.2, -0.15) is 0 Å². The molecule has 0 atom stereocenters. The number of thiazole rings is 1. The molecule has 0 saturated heterocycles. The molecule has 0 spiro atoms. The van der Waals surface area contributed by atoms with Crippen LogP contribution in [-0.2, 0) is 11.3 Å². The van der Waals surface area contributed by atoms with E-state index in [2.05, 4.69) is 10.3 Å². The van der Waals surface area contributed by atoms with Crippen molar-refractivity contribution in [2.45, 2.75) is 6.61 Å². The zero-order valence-electron chi connectivity index (χ0n) is 15.4. The number of carbonyl (C=O) groups is 2. The van der Waals surface area contributed by atoms with Crippen LogP contribution in [0, 0.1) is 0 Å². The molecule has 9 heteroatoms. The second-order valence-corrected chi connectivity index (χ2v) is 7.51. The summed E-state index contributed by atoms with van der Waals surface area (Å²) in [5.41, 5.74) is 1.31. The van der Waals surface area contributed by atoms with Crippen molar-refractivity contribution in [2.75, 3.05) is 5.32 Å². The van der Waals surface area contributed by atoms with Crippen LogP contribution in [0.15, 0.2) is 71.0 Å². The smallest absolute Gasteiger partial charge is 0.338 e. The number of carbonyl (C=O) groups excluding carboxylic acids is 2. The number of amides is 1. The molecule has 0 aliphatic rings. The topological polar surface area (TPSA) is 89.8 Å². The summed E-state index contributed by atoms with van der Waals surface area (Å²) in [5.74, 6) is -0.913. The first-order valence-corrected chi connectivity index (χ1v) is 10.1. The van der Waals surface area contributed by atoms with Crippen LogP contribution in [0.1, 0.15) is 26.4 Å². The Morgan fingerprint density at radius 2 is 1.90 bits per heavy atom. The third kappa shape index (κ3) is 4.24. The molecule has 0 bridgehead atoms. The quantitative estimate of drug-likeness (QED) is 0.474. The predicted molar refractivity (Wildman–Crippen MR) is 114 cm³/mol. The number of fused-ring (bicyclic) bond motifs is 1. The first-order chi connectivity index (χ1) is 14.5. The Morgan fingerprint density at radius 3 is 2.67 bits per heavy atom. The van der Waals surface area contributed by atoms with Crippen LogP contribution in [0.4, 0.5) is 5.69 Å². The number of ether oxygens (including phenoxy) is 1. The van der Waals surface area contributed by atoms with Crippen molar-refractivity contribution in [3.63, 3.8) is 0 Å². The molecule has 2 aromatic heterocycles. The van der Waals surface area contributed by atoms with Gasteiger partial charge in [0.15, 0.2) is 4.96 Å². The lowest BCUT2D eigenvalue weighted by Gasteiger charge is -2.08. The van der Waals surface area contributed by atoms with E-state index in [-0.39, 0.29) is 18.1 Å². The molecule has 0 aliphatic heterocycles. The van der Waals surface area contributed by atoms with Gasteiger partial charge in [0.25, 0.3) is 11.5 Å². The standard InChI is InChI=1S/C21H14ClN3O4S/c22-17-4-2-1-3-16(17)19(27)23-14-7-5-13(6-8-14)20(28)29-12-15-11-18(26)25-9-10-30-21(25)24-15/h1-11H,12H2,(H,23,27). The molecule has 2 aromatic carbocycles. The van der Waals surface area contributed by atoms with E-state index in [1.54, 1.807) is 48.0 Å². The summed E-state index contributed by atoms with van der Waals surface area (Å²) >= 11 is 7.35. The van der Waals surface area contributed by atoms with E-state index >= 15 is 0 Å². The minimum absolute atomic E-state index is 0.118. The van der Waals surface area contributed by atoms with Crippen LogP contribution in [0.25, 0.3) is 4.96 Å². The Morgan fingerprint density at radius 1 is 1.13 bits per heavy atom. The van der Waals surface area contributed by atoms with Crippen LogP contribution in [0.2, 0.25) is 5.02 Å². The van der Waals surface area contributed by atoms with Gasteiger partial charge in [-0.05, 0) is 36.4 Å². The van der Waals surface area contributed by atoms with Crippen LogP contribution in [0.3, 0.4) is 0 Å². The molecule has 0 radical (unpaired) electrons. The molecule has 0 unspecified atom stereocenters. The number of aromatic nitrogens is 2. The van der Waals surface area contributed by atoms with Gasteiger partial charge < -0.3 is 10.1 Å². The van der Waals surface area contributed by atoms with Gasteiger partial charge in [0.05, 0.1) is 21.8 Å². The highest BCUT2D eigenvalue weighted by Gasteiger charge is 2.12. The maximum atomic E-state index is 12.3. The number of rotatable bonds is 5. The van der Waals surface area contributed by atoms with Gasteiger partial charge >= 0.3 is 5.97 Å². The fourth-order valence-electron chi connectivity index (χ4n) is 2.72. The van der Waals surface area contributed by atoms with E-state index in [1.807, 2.05) is 0 Å². The summed E-state index contributed by atoms with van der Waals surface area (Å²) in [4.78, 5) is 41.4. The number of halogens is 1. The van der Waals surface area contributed by atoms with E-state index in [4.69, 9.17) is 16.3 Å². The number of hydrogen-bond donors (Lipinski definition) is 1. The molecule has 0 aliphatic carbocycles. The van der Waals surface area contributed by atoms with Crippen molar-refractivity contribution < 1.29 is 14.3 Å². The predicted octanol–water partition coefficient (Wildman–Crippen LogP) is 4.02.